The van der Waals surface area contributed by atoms with Crippen molar-refractivity contribution in [1.29, 1.82) is 0 Å². The van der Waals surface area contributed by atoms with Crippen molar-refractivity contribution in [3.05, 3.63) is 76.1 Å². The van der Waals surface area contributed by atoms with Crippen LogP contribution in [0.3, 0.4) is 0 Å². The Labute approximate surface area is 178 Å². The van der Waals surface area contributed by atoms with Gasteiger partial charge in [0.25, 0.3) is 0 Å². The standard InChI is InChI=1S/C20H15F4N3O4S/c21-14-6-1-2-7-16(14)32(30,31)25-10-13-9-15(25)17-18(28)27(19(29)26(13)17)12-5-3-4-11(8-12)20(22,23)24/h1-8,13,15,28H,9-10H2/t13-,15-/m0/s1. The first-order valence-electron chi connectivity index (χ1n) is 9.52. The molecule has 1 aromatic heterocycles. The van der Waals surface area contributed by atoms with Crippen LogP contribution in [0, 0.1) is 5.82 Å². The first kappa shape index (κ1) is 20.8. The molecular weight excluding hydrogens is 454 g/mol. The van der Waals surface area contributed by atoms with E-state index in [9.17, 15) is 35.9 Å². The summed E-state index contributed by atoms with van der Waals surface area (Å²) in [6.07, 6.45) is -4.46. The van der Waals surface area contributed by atoms with Gasteiger partial charge in [0.1, 0.15) is 16.4 Å². The molecule has 0 radical (unpaired) electrons. The summed E-state index contributed by atoms with van der Waals surface area (Å²) in [6, 6.07) is 7.18. The maximum atomic E-state index is 14.2. The van der Waals surface area contributed by atoms with E-state index in [4.69, 9.17) is 0 Å². The maximum Gasteiger partial charge on any atom is 0.416 e. The molecule has 2 aliphatic heterocycles. The van der Waals surface area contributed by atoms with E-state index >= 15 is 0 Å². The van der Waals surface area contributed by atoms with E-state index in [2.05, 4.69) is 0 Å². The molecule has 7 nitrogen and oxygen atoms in total. The Kier molecular flexibility index (Phi) is 4.34. The van der Waals surface area contributed by atoms with E-state index in [1.807, 2.05) is 0 Å². The van der Waals surface area contributed by atoms with Crippen LogP contribution < -0.4 is 5.69 Å². The number of fused-ring (bicyclic) bond motifs is 5. The van der Waals surface area contributed by atoms with Crippen molar-refractivity contribution in [1.82, 2.24) is 13.4 Å². The summed E-state index contributed by atoms with van der Waals surface area (Å²) in [5.74, 6) is -1.58. The number of sulfonamides is 1. The van der Waals surface area contributed by atoms with Gasteiger partial charge in [-0.15, -0.1) is 0 Å². The summed E-state index contributed by atoms with van der Waals surface area (Å²) in [5, 5.41) is 10.8. The number of aromatic nitrogens is 2. The minimum absolute atomic E-state index is 0.0245. The SMILES string of the molecule is O=c1n(-c2cccc(C(F)(F)F)c2)c(O)c2n1[C@H]1C[C@@H]2N(S(=O)(=O)c2ccccc2F)C1. The molecule has 32 heavy (non-hydrogen) atoms. The van der Waals surface area contributed by atoms with Crippen LogP contribution >= 0.6 is 0 Å². The van der Waals surface area contributed by atoms with Crippen molar-refractivity contribution < 1.29 is 31.1 Å². The lowest BCUT2D eigenvalue weighted by Crippen LogP contribution is -2.38. The summed E-state index contributed by atoms with van der Waals surface area (Å²) >= 11 is 0. The highest BCUT2D eigenvalue weighted by Crippen LogP contribution is 2.50. The average molecular weight is 469 g/mol. The van der Waals surface area contributed by atoms with Gasteiger partial charge < -0.3 is 5.11 Å². The third kappa shape index (κ3) is 2.82. The van der Waals surface area contributed by atoms with E-state index in [-0.39, 0.29) is 24.3 Å². The quantitative estimate of drug-likeness (QED) is 0.598. The number of benzene rings is 2. The second kappa shape index (κ2) is 6.69. The van der Waals surface area contributed by atoms with E-state index < -0.39 is 56.1 Å². The monoisotopic (exact) mass is 469 g/mol. The largest absolute Gasteiger partial charge is 0.493 e. The first-order valence-corrected chi connectivity index (χ1v) is 11.0. The molecule has 12 heteroatoms. The van der Waals surface area contributed by atoms with Crippen molar-refractivity contribution >= 4 is 10.0 Å². The molecule has 3 heterocycles. The highest BCUT2D eigenvalue weighted by atomic mass is 32.2. The van der Waals surface area contributed by atoms with Crippen molar-refractivity contribution in [2.75, 3.05) is 6.54 Å². The fraction of sp³-hybridized carbons (Fsp3) is 0.250. The van der Waals surface area contributed by atoms with E-state index in [1.165, 1.54) is 22.8 Å². The lowest BCUT2D eigenvalue weighted by molar-refractivity contribution is -0.137. The number of hydrogen-bond acceptors (Lipinski definition) is 4. The lowest BCUT2D eigenvalue weighted by Gasteiger charge is -2.27. The number of alkyl halides is 3. The molecule has 1 saturated heterocycles. The minimum Gasteiger partial charge on any atom is -0.493 e. The van der Waals surface area contributed by atoms with Gasteiger partial charge in [0.2, 0.25) is 15.9 Å². The molecule has 2 aromatic carbocycles. The number of aromatic hydroxyl groups is 1. The van der Waals surface area contributed by atoms with Gasteiger partial charge in [-0.2, -0.15) is 17.5 Å². The minimum atomic E-state index is -4.65. The van der Waals surface area contributed by atoms with Crippen LogP contribution in [-0.4, -0.2) is 33.5 Å². The first-order chi connectivity index (χ1) is 15.0. The topological polar surface area (TPSA) is 84.5 Å². The third-order valence-corrected chi connectivity index (χ3v) is 7.78. The smallest absolute Gasteiger partial charge is 0.416 e. The Bertz CT molecular complexity index is 1410. The number of halogens is 4. The summed E-state index contributed by atoms with van der Waals surface area (Å²) in [5.41, 5.74) is -2.00. The predicted molar refractivity (Wildman–Crippen MR) is 103 cm³/mol. The molecule has 1 N–H and O–H groups in total. The van der Waals surface area contributed by atoms with Crippen LogP contribution in [0.15, 0.2) is 58.2 Å². The Morgan fingerprint density at radius 1 is 1.06 bits per heavy atom. The van der Waals surface area contributed by atoms with Crippen LogP contribution in [0.5, 0.6) is 5.88 Å². The molecule has 0 aliphatic carbocycles. The molecule has 2 bridgehead atoms. The van der Waals surface area contributed by atoms with Crippen LogP contribution in [-0.2, 0) is 16.2 Å². The van der Waals surface area contributed by atoms with Crippen LogP contribution in [0.25, 0.3) is 5.69 Å². The molecule has 0 amide bonds. The Balaban J connectivity index is 1.61. The average Bonchev–Trinajstić information content (AvgIpc) is 3.39. The molecule has 0 unspecified atom stereocenters. The summed E-state index contributed by atoms with van der Waals surface area (Å²) in [4.78, 5) is 12.4. The van der Waals surface area contributed by atoms with E-state index in [0.29, 0.717) is 0 Å². The summed E-state index contributed by atoms with van der Waals surface area (Å²) < 4.78 is 82.5. The number of hydrogen-bond donors (Lipinski definition) is 1. The van der Waals surface area contributed by atoms with Crippen molar-refractivity contribution in [2.45, 2.75) is 29.6 Å². The summed E-state index contributed by atoms with van der Waals surface area (Å²) in [6.45, 7) is -0.125. The van der Waals surface area contributed by atoms with Crippen molar-refractivity contribution in [3.63, 3.8) is 0 Å². The van der Waals surface area contributed by atoms with Gasteiger partial charge in [-0.25, -0.2) is 22.2 Å². The zero-order chi connectivity index (χ0) is 23.0. The van der Waals surface area contributed by atoms with Gasteiger partial charge in [0, 0.05) is 6.54 Å². The molecule has 1 fully saturated rings. The van der Waals surface area contributed by atoms with E-state index in [1.54, 1.807) is 0 Å². The number of imidazole rings is 1. The van der Waals surface area contributed by atoms with Gasteiger partial charge in [-0.3, -0.25) is 4.57 Å². The third-order valence-electron chi connectivity index (χ3n) is 5.87. The van der Waals surface area contributed by atoms with Gasteiger partial charge in [-0.1, -0.05) is 18.2 Å². The van der Waals surface area contributed by atoms with Gasteiger partial charge in [0.15, 0.2) is 0 Å². The maximum absolute atomic E-state index is 14.2. The molecule has 0 saturated carbocycles. The van der Waals surface area contributed by atoms with Gasteiger partial charge >= 0.3 is 11.9 Å². The van der Waals surface area contributed by atoms with Crippen LogP contribution in [0.2, 0.25) is 0 Å². The number of rotatable bonds is 3. The zero-order valence-corrected chi connectivity index (χ0v) is 16.9. The fourth-order valence-electron chi connectivity index (χ4n) is 4.51. The highest BCUT2D eigenvalue weighted by Gasteiger charge is 2.52. The van der Waals surface area contributed by atoms with Gasteiger partial charge in [0.05, 0.1) is 23.3 Å². The molecule has 0 spiro atoms. The molecule has 2 atom stereocenters. The molecule has 2 aliphatic rings. The molecular formula is C20H15F4N3O4S. The van der Waals surface area contributed by atoms with E-state index in [0.717, 1.165) is 39.2 Å². The fourth-order valence-corrected chi connectivity index (χ4v) is 6.21. The van der Waals surface area contributed by atoms with Crippen LogP contribution in [0.4, 0.5) is 17.6 Å². The second-order valence-corrected chi connectivity index (χ2v) is 9.51. The van der Waals surface area contributed by atoms with Crippen molar-refractivity contribution in [3.8, 4) is 11.6 Å². The Hall–Kier alpha value is -3.12. The Morgan fingerprint density at radius 3 is 2.47 bits per heavy atom. The second-order valence-electron chi connectivity index (χ2n) is 7.66. The molecule has 3 aromatic rings. The highest BCUT2D eigenvalue weighted by molar-refractivity contribution is 7.89. The predicted octanol–water partition coefficient (Wildman–Crippen LogP) is 3.19. The summed E-state index contributed by atoms with van der Waals surface area (Å²) in [7, 11) is -4.28. The molecule has 168 valence electrons. The van der Waals surface area contributed by atoms with Crippen molar-refractivity contribution in [2.24, 2.45) is 0 Å². The number of nitrogens with zero attached hydrogens (tertiary/aromatic N) is 3. The Morgan fingerprint density at radius 2 is 1.78 bits per heavy atom. The van der Waals surface area contributed by atoms with Gasteiger partial charge in [-0.05, 0) is 36.8 Å². The normalized spacial score (nSPS) is 20.6. The lowest BCUT2D eigenvalue weighted by atomic mass is 10.2. The van der Waals surface area contributed by atoms with Crippen LogP contribution in [0.1, 0.15) is 29.8 Å². The zero-order valence-electron chi connectivity index (χ0n) is 16.1. The molecule has 5 rings (SSSR count).